The Labute approximate surface area is 211 Å². The third-order valence-electron chi connectivity index (χ3n) is 7.79. The number of anilines is 1. The highest BCUT2D eigenvalue weighted by Crippen LogP contribution is 2.58. The summed E-state index contributed by atoms with van der Waals surface area (Å²) in [5.74, 6) is -0.358. The number of hydrogen-bond acceptors (Lipinski definition) is 3. The SMILES string of the molecule is CCOc1ccc(N2C(=O)[C@H]3[C@H](C2=O)[C@H]2C=C[C@H]3C2=C(c2ccc(C)cc2)c2ccc(C)cc2)cc1. The lowest BCUT2D eigenvalue weighted by molar-refractivity contribution is -0.122. The van der Waals surface area contributed by atoms with Gasteiger partial charge in [-0.3, -0.25) is 9.59 Å². The van der Waals surface area contributed by atoms with Crippen molar-refractivity contribution >= 4 is 23.1 Å². The van der Waals surface area contributed by atoms with E-state index in [9.17, 15) is 9.59 Å². The van der Waals surface area contributed by atoms with Crippen molar-refractivity contribution in [2.45, 2.75) is 20.8 Å². The molecule has 0 aromatic heterocycles. The summed E-state index contributed by atoms with van der Waals surface area (Å²) in [4.78, 5) is 28.9. The van der Waals surface area contributed by atoms with Crippen LogP contribution < -0.4 is 9.64 Å². The van der Waals surface area contributed by atoms with Crippen molar-refractivity contribution in [1.29, 1.82) is 0 Å². The molecular formula is C32H29NO3. The molecule has 0 spiro atoms. The molecule has 2 amide bonds. The van der Waals surface area contributed by atoms with Gasteiger partial charge in [-0.05, 0) is 67.3 Å². The zero-order valence-corrected chi connectivity index (χ0v) is 20.8. The molecule has 2 bridgehead atoms. The Hall–Kier alpha value is -3.92. The standard InChI is InChI=1S/C32H29NO3/c1-4-36-24-15-13-23(14-16-24)33-31(34)29-25-17-18-26(30(29)32(33)35)28(25)27(21-9-5-19(2)6-10-21)22-11-7-20(3)8-12-22/h5-18,25-26,29-30H,4H2,1-3H3/t25-,26-,29+,30+/m0/s1. The molecule has 6 rings (SSSR count). The molecule has 3 aliphatic rings. The molecule has 180 valence electrons. The van der Waals surface area contributed by atoms with Crippen LogP contribution in [0.2, 0.25) is 0 Å². The number of allylic oxidation sites excluding steroid dienone is 3. The Morgan fingerprint density at radius 3 is 1.64 bits per heavy atom. The molecule has 1 saturated heterocycles. The average molecular weight is 476 g/mol. The average Bonchev–Trinajstić information content (AvgIpc) is 3.51. The normalized spacial score (nSPS) is 24.0. The molecule has 36 heavy (non-hydrogen) atoms. The number of carbonyl (C=O) groups is 2. The second-order valence-corrected chi connectivity index (χ2v) is 9.99. The van der Waals surface area contributed by atoms with E-state index in [1.54, 1.807) is 12.1 Å². The fourth-order valence-electron chi connectivity index (χ4n) is 6.15. The predicted molar refractivity (Wildman–Crippen MR) is 142 cm³/mol. The topological polar surface area (TPSA) is 46.6 Å². The van der Waals surface area contributed by atoms with Crippen LogP contribution in [0.15, 0.2) is 90.5 Å². The van der Waals surface area contributed by atoms with E-state index in [-0.39, 0.29) is 35.5 Å². The summed E-state index contributed by atoms with van der Waals surface area (Å²) in [5.41, 5.74) is 7.62. The lowest BCUT2D eigenvalue weighted by Gasteiger charge is -2.22. The largest absolute Gasteiger partial charge is 0.494 e. The Kier molecular flexibility index (Phi) is 5.40. The van der Waals surface area contributed by atoms with Crippen LogP contribution in [-0.4, -0.2) is 18.4 Å². The number of hydrogen-bond donors (Lipinski definition) is 0. The second kappa shape index (κ2) is 8.63. The van der Waals surface area contributed by atoms with Crippen LogP contribution in [0, 0.1) is 37.5 Å². The van der Waals surface area contributed by atoms with Gasteiger partial charge < -0.3 is 4.74 Å². The number of aryl methyl sites for hydroxylation is 2. The number of nitrogens with zero attached hydrogens (tertiary/aromatic N) is 1. The lowest BCUT2D eigenvalue weighted by atomic mass is 9.85. The van der Waals surface area contributed by atoms with Crippen molar-refractivity contribution in [2.24, 2.45) is 23.7 Å². The molecule has 2 aliphatic carbocycles. The number of fused-ring (bicyclic) bond motifs is 5. The maximum atomic E-state index is 13.7. The van der Waals surface area contributed by atoms with Crippen molar-refractivity contribution in [3.05, 3.63) is 113 Å². The smallest absolute Gasteiger partial charge is 0.238 e. The number of amides is 2. The van der Waals surface area contributed by atoms with Crippen molar-refractivity contribution in [1.82, 2.24) is 0 Å². The highest BCUT2D eigenvalue weighted by atomic mass is 16.5. The lowest BCUT2D eigenvalue weighted by Crippen LogP contribution is -2.33. The minimum atomic E-state index is -0.361. The van der Waals surface area contributed by atoms with Gasteiger partial charge in [-0.2, -0.15) is 0 Å². The molecule has 1 saturated carbocycles. The maximum Gasteiger partial charge on any atom is 0.238 e. The highest BCUT2D eigenvalue weighted by Gasteiger charge is 2.62. The molecule has 4 nitrogen and oxygen atoms in total. The third-order valence-corrected chi connectivity index (χ3v) is 7.79. The monoisotopic (exact) mass is 475 g/mol. The van der Waals surface area contributed by atoms with Crippen LogP contribution >= 0.6 is 0 Å². The van der Waals surface area contributed by atoms with Gasteiger partial charge in [-0.25, -0.2) is 4.90 Å². The number of benzene rings is 3. The fourth-order valence-corrected chi connectivity index (χ4v) is 6.15. The first-order valence-electron chi connectivity index (χ1n) is 12.6. The Morgan fingerprint density at radius 1 is 0.722 bits per heavy atom. The Bertz CT molecular complexity index is 1320. The first-order chi connectivity index (χ1) is 17.5. The van der Waals surface area contributed by atoms with Crippen molar-refractivity contribution < 1.29 is 14.3 Å². The summed E-state index contributed by atoms with van der Waals surface area (Å²) in [6.07, 6.45) is 4.30. The van der Waals surface area contributed by atoms with Crippen LogP contribution in [0.25, 0.3) is 5.57 Å². The summed E-state index contributed by atoms with van der Waals surface area (Å²) in [7, 11) is 0. The first-order valence-corrected chi connectivity index (χ1v) is 12.6. The minimum Gasteiger partial charge on any atom is -0.494 e. The molecule has 3 aromatic carbocycles. The van der Waals surface area contributed by atoms with Gasteiger partial charge in [0.25, 0.3) is 0 Å². The van der Waals surface area contributed by atoms with Gasteiger partial charge in [-0.1, -0.05) is 71.8 Å². The van der Waals surface area contributed by atoms with Crippen LogP contribution in [0.5, 0.6) is 5.75 Å². The number of rotatable bonds is 5. The highest BCUT2D eigenvalue weighted by molar-refractivity contribution is 6.23. The van der Waals surface area contributed by atoms with E-state index in [1.807, 2.05) is 19.1 Å². The summed E-state index contributed by atoms with van der Waals surface area (Å²) in [6, 6.07) is 24.4. The van der Waals surface area contributed by atoms with Crippen LogP contribution in [-0.2, 0) is 9.59 Å². The third kappa shape index (κ3) is 3.43. The number of carbonyl (C=O) groups excluding carboxylic acids is 2. The van der Waals surface area contributed by atoms with Crippen molar-refractivity contribution in [2.75, 3.05) is 11.5 Å². The summed E-state index contributed by atoms with van der Waals surface area (Å²) < 4.78 is 5.53. The van der Waals surface area contributed by atoms with E-state index in [0.717, 1.165) is 22.4 Å². The molecule has 2 fully saturated rings. The van der Waals surface area contributed by atoms with Gasteiger partial charge in [-0.15, -0.1) is 0 Å². The van der Waals surface area contributed by atoms with Gasteiger partial charge >= 0.3 is 0 Å². The van der Waals surface area contributed by atoms with Gasteiger partial charge in [0, 0.05) is 11.8 Å². The molecule has 4 atom stereocenters. The van der Waals surface area contributed by atoms with E-state index < -0.39 is 0 Å². The Morgan fingerprint density at radius 2 is 1.19 bits per heavy atom. The van der Waals surface area contributed by atoms with E-state index >= 15 is 0 Å². The molecule has 0 radical (unpaired) electrons. The molecule has 1 aliphatic heterocycles. The number of ether oxygens (including phenoxy) is 1. The van der Waals surface area contributed by atoms with Crippen LogP contribution in [0.1, 0.15) is 29.2 Å². The van der Waals surface area contributed by atoms with Gasteiger partial charge in [0.1, 0.15) is 5.75 Å². The molecule has 4 heteroatoms. The van der Waals surface area contributed by atoms with E-state index in [0.29, 0.717) is 12.3 Å². The first kappa shape index (κ1) is 22.5. The molecule has 0 unspecified atom stereocenters. The zero-order chi connectivity index (χ0) is 25.0. The van der Waals surface area contributed by atoms with E-state index in [4.69, 9.17) is 4.74 Å². The molecular weight excluding hydrogens is 446 g/mol. The molecule has 1 heterocycles. The van der Waals surface area contributed by atoms with Crippen LogP contribution in [0.3, 0.4) is 0 Å². The molecule has 0 N–H and O–H groups in total. The Balaban J connectivity index is 1.43. The van der Waals surface area contributed by atoms with Gasteiger partial charge in [0.15, 0.2) is 0 Å². The maximum absolute atomic E-state index is 13.7. The predicted octanol–water partition coefficient (Wildman–Crippen LogP) is 6.13. The summed E-state index contributed by atoms with van der Waals surface area (Å²) >= 11 is 0. The molecule has 3 aromatic rings. The van der Waals surface area contributed by atoms with E-state index in [1.165, 1.54) is 21.6 Å². The van der Waals surface area contributed by atoms with Crippen molar-refractivity contribution in [3.8, 4) is 5.75 Å². The summed E-state index contributed by atoms with van der Waals surface area (Å²) in [5, 5.41) is 0. The minimum absolute atomic E-state index is 0.0817. The van der Waals surface area contributed by atoms with Crippen LogP contribution in [0.4, 0.5) is 5.69 Å². The zero-order valence-electron chi connectivity index (χ0n) is 20.8. The quantitative estimate of drug-likeness (QED) is 0.330. The van der Waals surface area contributed by atoms with Gasteiger partial charge in [0.2, 0.25) is 11.8 Å². The summed E-state index contributed by atoms with van der Waals surface area (Å²) in [6.45, 7) is 6.67. The van der Waals surface area contributed by atoms with Gasteiger partial charge in [0.05, 0.1) is 24.1 Å². The fraction of sp³-hybridized carbons (Fsp3) is 0.250. The van der Waals surface area contributed by atoms with E-state index in [2.05, 4.69) is 74.5 Å². The second-order valence-electron chi connectivity index (χ2n) is 9.99. The van der Waals surface area contributed by atoms with Crippen molar-refractivity contribution in [3.63, 3.8) is 0 Å². The number of imide groups is 1.